The van der Waals surface area contributed by atoms with E-state index in [-0.39, 0.29) is 6.10 Å². The van der Waals surface area contributed by atoms with Gasteiger partial charge in [-0.3, -0.25) is 0 Å². The maximum atomic E-state index is 9.94. The number of hydrogen-bond acceptors (Lipinski definition) is 4. The zero-order valence-corrected chi connectivity index (χ0v) is 10.3. The number of aliphatic hydroxyl groups excluding tert-OH is 1. The number of furan rings is 1. The molecule has 0 aliphatic heterocycles. The summed E-state index contributed by atoms with van der Waals surface area (Å²) in [7, 11) is 0. The molecule has 4 nitrogen and oxygen atoms in total. The van der Waals surface area contributed by atoms with E-state index in [1.54, 1.807) is 12.5 Å². The summed E-state index contributed by atoms with van der Waals surface area (Å²) in [5.74, 6) is 1.18. The number of nitrogens with one attached hydrogen (secondary N) is 1. The molecule has 1 aliphatic rings. The maximum absolute atomic E-state index is 9.94. The number of pyridine rings is 1. The summed E-state index contributed by atoms with van der Waals surface area (Å²) in [5.41, 5.74) is 0.844. The molecule has 0 saturated heterocycles. The molecule has 2 atom stereocenters. The third kappa shape index (κ3) is 2.20. The Morgan fingerprint density at radius 3 is 3.11 bits per heavy atom. The van der Waals surface area contributed by atoms with Gasteiger partial charge in [0.1, 0.15) is 11.4 Å². The molecule has 0 radical (unpaired) electrons. The number of aliphatic hydroxyl groups is 1. The normalized spacial score (nSPS) is 24.3. The number of aromatic nitrogens is 1. The number of hydrogen-bond donors (Lipinski definition) is 2. The van der Waals surface area contributed by atoms with Gasteiger partial charge < -0.3 is 14.8 Å². The molecule has 2 N–H and O–H groups in total. The van der Waals surface area contributed by atoms with Crippen LogP contribution in [0.3, 0.4) is 0 Å². The second-order valence-corrected chi connectivity index (χ2v) is 4.98. The van der Waals surface area contributed by atoms with Crippen molar-refractivity contribution >= 4 is 16.8 Å². The second kappa shape index (κ2) is 4.98. The molecule has 2 unspecified atom stereocenters. The van der Waals surface area contributed by atoms with Crippen molar-refractivity contribution in [2.24, 2.45) is 5.92 Å². The Bertz CT molecular complexity index is 523. The van der Waals surface area contributed by atoms with Gasteiger partial charge in [-0.1, -0.05) is 12.8 Å². The van der Waals surface area contributed by atoms with Crippen LogP contribution in [0.2, 0.25) is 0 Å². The molecule has 0 amide bonds. The van der Waals surface area contributed by atoms with Crippen molar-refractivity contribution in [2.75, 3.05) is 11.9 Å². The summed E-state index contributed by atoms with van der Waals surface area (Å²) in [4.78, 5) is 4.34. The second-order valence-electron chi connectivity index (χ2n) is 4.98. The highest BCUT2D eigenvalue weighted by Gasteiger charge is 2.22. The van der Waals surface area contributed by atoms with E-state index in [0.29, 0.717) is 5.92 Å². The Hall–Kier alpha value is -1.55. The third-order valence-electron chi connectivity index (χ3n) is 3.78. The van der Waals surface area contributed by atoms with Gasteiger partial charge in [-0.2, -0.15) is 0 Å². The van der Waals surface area contributed by atoms with Gasteiger partial charge in [-0.25, -0.2) is 4.98 Å². The summed E-state index contributed by atoms with van der Waals surface area (Å²) in [5, 5.41) is 14.3. The van der Waals surface area contributed by atoms with E-state index in [1.165, 1.54) is 6.42 Å². The molecule has 1 saturated carbocycles. The van der Waals surface area contributed by atoms with E-state index in [0.717, 1.165) is 42.6 Å². The van der Waals surface area contributed by atoms with Crippen molar-refractivity contribution in [1.82, 2.24) is 4.98 Å². The monoisotopic (exact) mass is 246 g/mol. The summed E-state index contributed by atoms with van der Waals surface area (Å²) in [6.45, 7) is 0.776. The van der Waals surface area contributed by atoms with E-state index >= 15 is 0 Å². The first-order valence-corrected chi connectivity index (χ1v) is 6.59. The van der Waals surface area contributed by atoms with Gasteiger partial charge in [0.25, 0.3) is 0 Å². The van der Waals surface area contributed by atoms with Crippen LogP contribution in [0.4, 0.5) is 5.82 Å². The predicted molar refractivity (Wildman–Crippen MR) is 70.5 cm³/mol. The lowest BCUT2D eigenvalue weighted by molar-refractivity contribution is 0.0763. The largest absolute Gasteiger partial charge is 0.464 e. The van der Waals surface area contributed by atoms with Gasteiger partial charge in [-0.05, 0) is 25.0 Å². The fraction of sp³-hybridized carbons (Fsp3) is 0.500. The van der Waals surface area contributed by atoms with Crippen LogP contribution < -0.4 is 5.32 Å². The van der Waals surface area contributed by atoms with E-state index in [4.69, 9.17) is 4.42 Å². The number of anilines is 1. The quantitative estimate of drug-likeness (QED) is 0.874. The maximum Gasteiger partial charge on any atom is 0.139 e. The van der Waals surface area contributed by atoms with E-state index in [1.807, 2.05) is 12.1 Å². The summed E-state index contributed by atoms with van der Waals surface area (Å²) < 4.78 is 5.34. The molecule has 1 fully saturated rings. The van der Waals surface area contributed by atoms with E-state index in [9.17, 15) is 5.11 Å². The standard InChI is InChI=1S/C14H18N2O2/c17-12-4-2-1-3-10(12)9-16-14-11-6-8-18-13(11)5-7-15-14/h5-8,10,12,17H,1-4,9H2,(H,15,16). The Morgan fingerprint density at radius 1 is 1.33 bits per heavy atom. The molecule has 2 heterocycles. The molecule has 3 rings (SSSR count). The lowest BCUT2D eigenvalue weighted by Crippen LogP contribution is -2.30. The summed E-state index contributed by atoms with van der Waals surface area (Å²) in [6.07, 6.45) is 7.62. The van der Waals surface area contributed by atoms with Crippen molar-refractivity contribution in [3.63, 3.8) is 0 Å². The van der Waals surface area contributed by atoms with Gasteiger partial charge in [0.2, 0.25) is 0 Å². The highest BCUT2D eigenvalue weighted by Crippen LogP contribution is 2.26. The van der Waals surface area contributed by atoms with Crippen LogP contribution in [0.5, 0.6) is 0 Å². The summed E-state index contributed by atoms with van der Waals surface area (Å²) >= 11 is 0. The highest BCUT2D eigenvalue weighted by molar-refractivity contribution is 5.87. The van der Waals surface area contributed by atoms with Crippen LogP contribution in [0.1, 0.15) is 25.7 Å². The Kier molecular flexibility index (Phi) is 3.19. The van der Waals surface area contributed by atoms with Crippen LogP contribution in [-0.4, -0.2) is 22.7 Å². The zero-order chi connectivity index (χ0) is 12.4. The Morgan fingerprint density at radius 2 is 2.22 bits per heavy atom. The average Bonchev–Trinajstić information content (AvgIpc) is 2.86. The molecular weight excluding hydrogens is 228 g/mol. The Labute approximate surface area is 106 Å². The minimum absolute atomic E-state index is 0.171. The van der Waals surface area contributed by atoms with Crippen LogP contribution >= 0.6 is 0 Å². The van der Waals surface area contributed by atoms with E-state index < -0.39 is 0 Å². The van der Waals surface area contributed by atoms with Crippen molar-refractivity contribution in [3.8, 4) is 0 Å². The van der Waals surface area contributed by atoms with Crippen molar-refractivity contribution in [3.05, 3.63) is 24.6 Å². The van der Waals surface area contributed by atoms with Crippen LogP contribution in [0, 0.1) is 5.92 Å². The smallest absolute Gasteiger partial charge is 0.139 e. The molecule has 0 aromatic carbocycles. The van der Waals surface area contributed by atoms with Gasteiger partial charge in [0.15, 0.2) is 0 Å². The van der Waals surface area contributed by atoms with Gasteiger partial charge in [-0.15, -0.1) is 0 Å². The average molecular weight is 246 g/mol. The van der Waals surface area contributed by atoms with Gasteiger partial charge >= 0.3 is 0 Å². The van der Waals surface area contributed by atoms with E-state index in [2.05, 4.69) is 10.3 Å². The minimum atomic E-state index is -0.171. The lowest BCUT2D eigenvalue weighted by atomic mass is 9.86. The fourth-order valence-corrected chi connectivity index (χ4v) is 2.69. The van der Waals surface area contributed by atoms with Crippen LogP contribution in [0.25, 0.3) is 11.0 Å². The van der Waals surface area contributed by atoms with Gasteiger partial charge in [0.05, 0.1) is 17.8 Å². The molecule has 2 aromatic rings. The molecule has 1 aliphatic carbocycles. The lowest BCUT2D eigenvalue weighted by Gasteiger charge is -2.27. The van der Waals surface area contributed by atoms with Crippen LogP contribution in [-0.2, 0) is 0 Å². The molecule has 0 spiro atoms. The van der Waals surface area contributed by atoms with Crippen LogP contribution in [0.15, 0.2) is 29.0 Å². The SMILES string of the molecule is OC1CCCCC1CNc1nccc2occc12. The van der Waals surface area contributed by atoms with Crippen molar-refractivity contribution < 1.29 is 9.52 Å². The topological polar surface area (TPSA) is 58.3 Å². The minimum Gasteiger partial charge on any atom is -0.464 e. The molecular formula is C14H18N2O2. The first-order chi connectivity index (χ1) is 8.84. The molecule has 2 aromatic heterocycles. The zero-order valence-electron chi connectivity index (χ0n) is 10.3. The highest BCUT2D eigenvalue weighted by atomic mass is 16.3. The molecule has 4 heteroatoms. The first-order valence-electron chi connectivity index (χ1n) is 6.59. The Balaban J connectivity index is 1.71. The number of nitrogens with zero attached hydrogens (tertiary/aromatic N) is 1. The summed E-state index contributed by atoms with van der Waals surface area (Å²) in [6, 6.07) is 3.78. The number of rotatable bonds is 3. The third-order valence-corrected chi connectivity index (χ3v) is 3.78. The predicted octanol–water partition coefficient (Wildman–Crippen LogP) is 2.79. The number of fused-ring (bicyclic) bond motifs is 1. The van der Waals surface area contributed by atoms with Gasteiger partial charge in [0, 0.05) is 18.7 Å². The fourth-order valence-electron chi connectivity index (χ4n) is 2.69. The molecule has 96 valence electrons. The molecule has 0 bridgehead atoms. The molecule has 18 heavy (non-hydrogen) atoms. The first kappa shape index (κ1) is 11.5. The van der Waals surface area contributed by atoms with Crippen molar-refractivity contribution in [2.45, 2.75) is 31.8 Å². The van der Waals surface area contributed by atoms with Crippen molar-refractivity contribution in [1.29, 1.82) is 0 Å².